The van der Waals surface area contributed by atoms with Crippen LogP contribution >= 0.6 is 15.9 Å². The smallest absolute Gasteiger partial charge is 0.258 e. The summed E-state index contributed by atoms with van der Waals surface area (Å²) >= 11 is 3.28. The fraction of sp³-hybridized carbons (Fsp3) is 0.0769. The van der Waals surface area contributed by atoms with E-state index in [-0.39, 0.29) is 5.91 Å². The van der Waals surface area contributed by atoms with Gasteiger partial charge in [0, 0.05) is 11.9 Å². The zero-order valence-electron chi connectivity index (χ0n) is 9.77. The molecule has 0 fully saturated rings. The lowest BCUT2D eigenvalue weighted by molar-refractivity contribution is 0.102. The molecule has 4 nitrogen and oxygen atoms in total. The van der Waals surface area contributed by atoms with Crippen molar-refractivity contribution in [2.45, 2.75) is 6.92 Å². The Bertz CT molecular complexity index is 578. The van der Waals surface area contributed by atoms with Gasteiger partial charge in [-0.15, -0.1) is 0 Å². The number of aryl methyl sites for hydroxylation is 1. The monoisotopic (exact) mass is 305 g/mol. The molecule has 0 aliphatic carbocycles. The van der Waals surface area contributed by atoms with E-state index in [1.165, 1.54) is 0 Å². The molecule has 0 saturated heterocycles. The first-order chi connectivity index (χ1) is 8.59. The highest BCUT2D eigenvalue weighted by Crippen LogP contribution is 2.22. The molecule has 0 saturated carbocycles. The summed E-state index contributed by atoms with van der Waals surface area (Å²) < 4.78 is 0.588. The molecule has 0 spiro atoms. The summed E-state index contributed by atoms with van der Waals surface area (Å²) in [4.78, 5) is 16.2. The number of pyridine rings is 1. The quantitative estimate of drug-likeness (QED) is 0.662. The summed E-state index contributed by atoms with van der Waals surface area (Å²) in [5, 5.41) is 2.78. The van der Waals surface area contributed by atoms with E-state index in [1.807, 2.05) is 19.1 Å². The number of hydrogen-bond acceptors (Lipinski definition) is 3. The van der Waals surface area contributed by atoms with Gasteiger partial charge < -0.3 is 11.1 Å². The number of benzene rings is 1. The van der Waals surface area contributed by atoms with E-state index in [2.05, 4.69) is 26.2 Å². The van der Waals surface area contributed by atoms with Crippen molar-refractivity contribution in [2.75, 3.05) is 11.1 Å². The van der Waals surface area contributed by atoms with Crippen molar-refractivity contribution in [2.24, 2.45) is 0 Å². The van der Waals surface area contributed by atoms with Crippen LogP contribution in [0.2, 0.25) is 0 Å². The summed E-state index contributed by atoms with van der Waals surface area (Å²) in [5.74, 6) is -0.237. The summed E-state index contributed by atoms with van der Waals surface area (Å²) in [6.07, 6.45) is 1.64. The standard InChI is InChI=1S/C13H12BrN3O/c1-8-4-2-5-9(15)11(8)13(18)17-10-6-3-7-16-12(10)14/h2-7H,15H2,1H3,(H,17,18). The van der Waals surface area contributed by atoms with Crippen LogP contribution in [0.4, 0.5) is 11.4 Å². The molecule has 18 heavy (non-hydrogen) atoms. The maximum atomic E-state index is 12.2. The van der Waals surface area contributed by atoms with Crippen molar-refractivity contribution in [3.63, 3.8) is 0 Å². The molecule has 0 aliphatic heterocycles. The van der Waals surface area contributed by atoms with Crippen LogP contribution in [0, 0.1) is 6.92 Å². The van der Waals surface area contributed by atoms with Gasteiger partial charge >= 0.3 is 0 Å². The number of carbonyl (C=O) groups is 1. The number of aromatic nitrogens is 1. The number of hydrogen-bond donors (Lipinski definition) is 2. The zero-order valence-corrected chi connectivity index (χ0v) is 11.4. The number of nitrogen functional groups attached to an aromatic ring is 1. The predicted octanol–water partition coefficient (Wildman–Crippen LogP) is 2.99. The van der Waals surface area contributed by atoms with Gasteiger partial charge in [-0.2, -0.15) is 0 Å². The Kier molecular flexibility index (Phi) is 3.62. The Balaban J connectivity index is 2.31. The van der Waals surface area contributed by atoms with Crippen molar-refractivity contribution in [3.05, 3.63) is 52.3 Å². The number of anilines is 2. The van der Waals surface area contributed by atoms with Crippen molar-refractivity contribution < 1.29 is 4.79 Å². The van der Waals surface area contributed by atoms with Crippen LogP contribution in [0.25, 0.3) is 0 Å². The molecule has 0 bridgehead atoms. The third kappa shape index (κ3) is 2.51. The largest absolute Gasteiger partial charge is 0.398 e. The lowest BCUT2D eigenvalue weighted by Gasteiger charge is -2.10. The molecule has 0 radical (unpaired) electrons. The number of nitrogens with one attached hydrogen (secondary N) is 1. The van der Waals surface area contributed by atoms with Crippen LogP contribution in [-0.2, 0) is 0 Å². The highest BCUT2D eigenvalue weighted by atomic mass is 79.9. The average Bonchev–Trinajstić information content (AvgIpc) is 2.32. The molecule has 0 atom stereocenters. The molecule has 2 rings (SSSR count). The molecular weight excluding hydrogens is 294 g/mol. The molecule has 1 aromatic carbocycles. The lowest BCUT2D eigenvalue weighted by Crippen LogP contribution is -2.16. The molecular formula is C13H12BrN3O. The van der Waals surface area contributed by atoms with Gasteiger partial charge in [0.1, 0.15) is 4.60 Å². The molecule has 3 N–H and O–H groups in total. The minimum Gasteiger partial charge on any atom is -0.398 e. The molecule has 1 heterocycles. The van der Waals surface area contributed by atoms with E-state index in [0.29, 0.717) is 21.5 Å². The molecule has 1 aromatic heterocycles. The summed E-state index contributed by atoms with van der Waals surface area (Å²) in [7, 11) is 0. The topological polar surface area (TPSA) is 68.0 Å². The van der Waals surface area contributed by atoms with Gasteiger partial charge in [-0.1, -0.05) is 12.1 Å². The van der Waals surface area contributed by atoms with Crippen molar-refractivity contribution in [1.29, 1.82) is 0 Å². The minimum absolute atomic E-state index is 0.237. The summed E-state index contributed by atoms with van der Waals surface area (Å²) in [5.41, 5.74) is 8.24. The van der Waals surface area contributed by atoms with Gasteiger partial charge in [0.05, 0.1) is 11.3 Å². The maximum absolute atomic E-state index is 12.2. The van der Waals surface area contributed by atoms with Gasteiger partial charge in [0.15, 0.2) is 0 Å². The molecule has 1 amide bonds. The number of nitrogens with zero attached hydrogens (tertiary/aromatic N) is 1. The van der Waals surface area contributed by atoms with Crippen LogP contribution < -0.4 is 11.1 Å². The van der Waals surface area contributed by atoms with Crippen molar-refractivity contribution in [1.82, 2.24) is 4.98 Å². The van der Waals surface area contributed by atoms with E-state index in [4.69, 9.17) is 5.73 Å². The van der Waals surface area contributed by atoms with Crippen LogP contribution in [0.1, 0.15) is 15.9 Å². The number of carbonyl (C=O) groups excluding carboxylic acids is 1. The molecule has 2 aromatic rings. The maximum Gasteiger partial charge on any atom is 0.258 e. The van der Waals surface area contributed by atoms with Gasteiger partial charge in [-0.05, 0) is 46.6 Å². The van der Waals surface area contributed by atoms with Gasteiger partial charge in [-0.25, -0.2) is 4.98 Å². The van der Waals surface area contributed by atoms with E-state index >= 15 is 0 Å². The SMILES string of the molecule is Cc1cccc(N)c1C(=O)Nc1cccnc1Br. The molecule has 0 aliphatic rings. The Morgan fingerprint density at radius 2 is 2.11 bits per heavy atom. The zero-order chi connectivity index (χ0) is 13.1. The molecule has 92 valence electrons. The third-order valence-electron chi connectivity index (χ3n) is 2.54. The molecule has 5 heteroatoms. The molecule has 0 unspecified atom stereocenters. The van der Waals surface area contributed by atoms with Crippen LogP contribution in [0.5, 0.6) is 0 Å². The first-order valence-electron chi connectivity index (χ1n) is 5.36. The van der Waals surface area contributed by atoms with E-state index in [1.54, 1.807) is 24.4 Å². The fourth-order valence-corrected chi connectivity index (χ4v) is 2.01. The Morgan fingerprint density at radius 1 is 1.33 bits per heavy atom. The first kappa shape index (κ1) is 12.6. The third-order valence-corrected chi connectivity index (χ3v) is 3.17. The summed E-state index contributed by atoms with van der Waals surface area (Å²) in [6.45, 7) is 1.85. The lowest BCUT2D eigenvalue weighted by atomic mass is 10.1. The highest BCUT2D eigenvalue weighted by Gasteiger charge is 2.13. The second kappa shape index (κ2) is 5.18. The second-order valence-electron chi connectivity index (χ2n) is 3.84. The van der Waals surface area contributed by atoms with Gasteiger partial charge in [-0.3, -0.25) is 4.79 Å². The van der Waals surface area contributed by atoms with Gasteiger partial charge in [0.2, 0.25) is 0 Å². The number of nitrogens with two attached hydrogens (primary N) is 1. The minimum atomic E-state index is -0.237. The fourth-order valence-electron chi connectivity index (χ4n) is 1.66. The Hall–Kier alpha value is -1.88. The highest BCUT2D eigenvalue weighted by molar-refractivity contribution is 9.10. The van der Waals surface area contributed by atoms with E-state index in [9.17, 15) is 4.79 Å². The normalized spacial score (nSPS) is 10.1. The van der Waals surface area contributed by atoms with E-state index in [0.717, 1.165) is 5.56 Å². The van der Waals surface area contributed by atoms with Crippen molar-refractivity contribution >= 4 is 33.2 Å². The number of amides is 1. The van der Waals surface area contributed by atoms with Crippen LogP contribution in [0.3, 0.4) is 0 Å². The van der Waals surface area contributed by atoms with Crippen LogP contribution in [0.15, 0.2) is 41.1 Å². The van der Waals surface area contributed by atoms with Crippen LogP contribution in [-0.4, -0.2) is 10.9 Å². The predicted molar refractivity (Wildman–Crippen MR) is 75.5 cm³/mol. The van der Waals surface area contributed by atoms with Gasteiger partial charge in [0.25, 0.3) is 5.91 Å². The summed E-state index contributed by atoms with van der Waals surface area (Å²) in [6, 6.07) is 8.90. The number of halogens is 1. The van der Waals surface area contributed by atoms with E-state index < -0.39 is 0 Å². The average molecular weight is 306 g/mol. The number of rotatable bonds is 2. The first-order valence-corrected chi connectivity index (χ1v) is 6.16. The second-order valence-corrected chi connectivity index (χ2v) is 4.59. The van der Waals surface area contributed by atoms with Crippen molar-refractivity contribution in [3.8, 4) is 0 Å². The Morgan fingerprint density at radius 3 is 2.78 bits per heavy atom. The Labute approximate surface area is 113 Å².